The van der Waals surface area contributed by atoms with Crippen molar-refractivity contribution >= 4 is 16.3 Å². The summed E-state index contributed by atoms with van der Waals surface area (Å²) in [5.74, 6) is -1.08. The van der Waals surface area contributed by atoms with Crippen LogP contribution in [0.1, 0.15) is 37.0 Å². The smallest absolute Gasteiger partial charge is 0.327 e. The van der Waals surface area contributed by atoms with Gasteiger partial charge in [-0.1, -0.05) is 24.7 Å². The number of alkyl halides is 3. The molecule has 2 heterocycles. The van der Waals surface area contributed by atoms with Gasteiger partial charge >= 0.3 is 6.18 Å². The second kappa shape index (κ2) is 3.89. The van der Waals surface area contributed by atoms with E-state index in [1.54, 1.807) is 0 Å². The lowest BCUT2D eigenvalue weighted by molar-refractivity contribution is -0.146. The lowest BCUT2D eigenvalue weighted by Gasteiger charge is -2.25. The molecule has 0 amide bonds. The van der Waals surface area contributed by atoms with Crippen LogP contribution in [0.3, 0.4) is 0 Å². The van der Waals surface area contributed by atoms with Crippen LogP contribution in [0.5, 0.6) is 0 Å². The fourth-order valence-electron chi connectivity index (χ4n) is 2.48. The molecule has 5 nitrogen and oxygen atoms in total. The molecule has 1 fully saturated rings. The van der Waals surface area contributed by atoms with Crippen LogP contribution in [-0.4, -0.2) is 25.9 Å². The van der Waals surface area contributed by atoms with E-state index >= 15 is 0 Å². The van der Waals surface area contributed by atoms with Crippen LogP contribution >= 0.6 is 11.3 Å². The minimum Gasteiger partial charge on any atom is -0.327 e. The second-order valence-corrected chi connectivity index (χ2v) is 6.00. The highest BCUT2D eigenvalue weighted by molar-refractivity contribution is 7.16. The highest BCUT2D eigenvalue weighted by Gasteiger charge is 2.43. The predicted octanol–water partition coefficient (Wildman–Crippen LogP) is 1.97. The van der Waals surface area contributed by atoms with Gasteiger partial charge in [0, 0.05) is 11.5 Å². The molecular weight excluding hydrogens is 279 g/mol. The molecule has 3 rings (SSSR count). The van der Waals surface area contributed by atoms with Crippen molar-refractivity contribution < 1.29 is 13.2 Å². The van der Waals surface area contributed by atoms with Crippen molar-refractivity contribution in [2.45, 2.75) is 43.8 Å². The lowest BCUT2D eigenvalue weighted by Crippen LogP contribution is -2.38. The molecule has 0 bridgehead atoms. The highest BCUT2D eigenvalue weighted by Crippen LogP contribution is 2.42. The van der Waals surface area contributed by atoms with Crippen LogP contribution < -0.4 is 5.73 Å². The normalized spacial score (nSPS) is 28.4. The van der Waals surface area contributed by atoms with E-state index in [1.807, 2.05) is 6.92 Å². The van der Waals surface area contributed by atoms with E-state index in [2.05, 4.69) is 15.3 Å². The standard InChI is InChI=1S/C10H12F3N5S/c1-9(4-2-3-5(9)14)7-17-18-6(10(11,12)13)15-16-8(18)19-7/h5H,2-4,14H2,1H3. The van der Waals surface area contributed by atoms with E-state index in [4.69, 9.17) is 5.73 Å². The first-order valence-corrected chi connectivity index (χ1v) is 6.69. The molecule has 1 aliphatic rings. The molecule has 2 unspecified atom stereocenters. The maximum Gasteiger partial charge on any atom is 0.453 e. The molecule has 9 heteroatoms. The maximum atomic E-state index is 12.7. The summed E-state index contributed by atoms with van der Waals surface area (Å²) < 4.78 is 39.0. The van der Waals surface area contributed by atoms with Gasteiger partial charge in [-0.25, -0.2) is 0 Å². The molecule has 0 radical (unpaired) electrons. The topological polar surface area (TPSA) is 69.1 Å². The Labute approximate surface area is 110 Å². The van der Waals surface area contributed by atoms with Crippen molar-refractivity contribution in [2.24, 2.45) is 5.73 Å². The molecule has 0 aromatic carbocycles. The van der Waals surface area contributed by atoms with E-state index in [0.29, 0.717) is 5.01 Å². The van der Waals surface area contributed by atoms with Crippen molar-refractivity contribution in [1.29, 1.82) is 0 Å². The van der Waals surface area contributed by atoms with Crippen molar-refractivity contribution in [2.75, 3.05) is 0 Å². The van der Waals surface area contributed by atoms with Crippen LogP contribution in [0.2, 0.25) is 0 Å². The largest absolute Gasteiger partial charge is 0.453 e. The van der Waals surface area contributed by atoms with Gasteiger partial charge in [-0.2, -0.15) is 22.8 Å². The molecule has 19 heavy (non-hydrogen) atoms. The molecule has 2 N–H and O–H groups in total. The molecule has 1 saturated carbocycles. The monoisotopic (exact) mass is 291 g/mol. The number of nitrogens with two attached hydrogens (primary N) is 1. The van der Waals surface area contributed by atoms with E-state index in [-0.39, 0.29) is 16.4 Å². The number of nitrogens with zero attached hydrogens (tertiary/aromatic N) is 4. The fourth-order valence-corrected chi connectivity index (χ4v) is 3.56. The minimum atomic E-state index is -4.55. The number of aromatic nitrogens is 4. The number of halogens is 3. The van der Waals surface area contributed by atoms with E-state index in [1.165, 1.54) is 0 Å². The summed E-state index contributed by atoms with van der Waals surface area (Å²) in [4.78, 5) is 0.155. The molecule has 0 aliphatic heterocycles. The molecule has 1 aliphatic carbocycles. The minimum absolute atomic E-state index is 0.0781. The Morgan fingerprint density at radius 1 is 1.42 bits per heavy atom. The van der Waals surface area contributed by atoms with Gasteiger partial charge in [0.05, 0.1) is 0 Å². The van der Waals surface area contributed by atoms with Gasteiger partial charge in [-0.3, -0.25) is 0 Å². The molecule has 104 valence electrons. The Balaban J connectivity index is 2.10. The molecule has 2 aromatic heterocycles. The first-order chi connectivity index (χ1) is 8.82. The zero-order valence-corrected chi connectivity index (χ0v) is 10.9. The highest BCUT2D eigenvalue weighted by atomic mass is 32.1. The Morgan fingerprint density at radius 3 is 2.74 bits per heavy atom. The van der Waals surface area contributed by atoms with Crippen molar-refractivity contribution in [1.82, 2.24) is 19.8 Å². The summed E-state index contributed by atoms with van der Waals surface area (Å²) in [6, 6.07) is -0.0781. The van der Waals surface area contributed by atoms with Gasteiger partial charge < -0.3 is 5.73 Å². The van der Waals surface area contributed by atoms with E-state index in [0.717, 1.165) is 35.1 Å². The van der Waals surface area contributed by atoms with Gasteiger partial charge in [0.2, 0.25) is 4.96 Å². The van der Waals surface area contributed by atoms with Crippen molar-refractivity contribution in [3.05, 3.63) is 10.8 Å². The number of hydrogen-bond acceptors (Lipinski definition) is 5. The number of hydrogen-bond donors (Lipinski definition) is 1. The number of rotatable bonds is 1. The van der Waals surface area contributed by atoms with Gasteiger partial charge in [0.15, 0.2) is 0 Å². The second-order valence-electron chi connectivity index (χ2n) is 5.04. The summed E-state index contributed by atoms with van der Waals surface area (Å²) in [6.07, 6.45) is -1.89. The molecular formula is C10H12F3N5S. The van der Waals surface area contributed by atoms with Crippen molar-refractivity contribution in [3.63, 3.8) is 0 Å². The quantitative estimate of drug-likeness (QED) is 0.872. The molecule has 2 aromatic rings. The maximum absolute atomic E-state index is 12.7. The Morgan fingerprint density at radius 2 is 2.16 bits per heavy atom. The third-order valence-electron chi connectivity index (χ3n) is 3.76. The summed E-state index contributed by atoms with van der Waals surface area (Å²) in [5.41, 5.74) is 5.69. The fraction of sp³-hybridized carbons (Fsp3) is 0.700. The Kier molecular flexibility index (Phi) is 2.62. The zero-order valence-electron chi connectivity index (χ0n) is 10.1. The molecule has 0 spiro atoms. The van der Waals surface area contributed by atoms with Gasteiger partial charge in [-0.05, 0) is 12.8 Å². The molecule has 0 saturated heterocycles. The Hall–Kier alpha value is -1.22. The average Bonchev–Trinajstić information content (AvgIpc) is 2.91. The molecule has 2 atom stereocenters. The third kappa shape index (κ3) is 1.83. The van der Waals surface area contributed by atoms with Gasteiger partial charge in [0.25, 0.3) is 5.82 Å². The van der Waals surface area contributed by atoms with E-state index < -0.39 is 12.0 Å². The van der Waals surface area contributed by atoms with Crippen LogP contribution in [-0.2, 0) is 11.6 Å². The van der Waals surface area contributed by atoms with Crippen LogP contribution in [0.15, 0.2) is 0 Å². The van der Waals surface area contributed by atoms with Crippen molar-refractivity contribution in [3.8, 4) is 0 Å². The Bertz CT molecular complexity index is 618. The third-order valence-corrected chi connectivity index (χ3v) is 4.94. The SMILES string of the molecule is CC1(c2nn3c(C(F)(F)F)nnc3s2)CCCC1N. The van der Waals surface area contributed by atoms with Gasteiger partial charge in [-0.15, -0.1) is 10.2 Å². The summed E-state index contributed by atoms with van der Waals surface area (Å²) >= 11 is 1.13. The summed E-state index contributed by atoms with van der Waals surface area (Å²) in [5, 5.41) is 11.3. The average molecular weight is 291 g/mol. The van der Waals surface area contributed by atoms with Gasteiger partial charge in [0.1, 0.15) is 5.01 Å². The predicted molar refractivity (Wildman–Crippen MR) is 62.8 cm³/mol. The summed E-state index contributed by atoms with van der Waals surface area (Å²) in [6.45, 7) is 1.95. The number of fused-ring (bicyclic) bond motifs is 1. The summed E-state index contributed by atoms with van der Waals surface area (Å²) in [7, 11) is 0. The van der Waals surface area contributed by atoms with Crippen LogP contribution in [0.25, 0.3) is 4.96 Å². The van der Waals surface area contributed by atoms with Crippen LogP contribution in [0.4, 0.5) is 13.2 Å². The first-order valence-electron chi connectivity index (χ1n) is 5.88. The zero-order chi connectivity index (χ0) is 13.8. The first kappa shape index (κ1) is 12.8. The van der Waals surface area contributed by atoms with Crippen LogP contribution in [0, 0.1) is 0 Å². The lowest BCUT2D eigenvalue weighted by atomic mass is 9.86. The van der Waals surface area contributed by atoms with E-state index in [9.17, 15) is 13.2 Å².